The minimum atomic E-state index is -1.35. The Balaban J connectivity index is 1.06. The van der Waals surface area contributed by atoms with Crippen molar-refractivity contribution in [3.8, 4) is 45.3 Å². The molecule has 17 nitrogen and oxygen atoms in total. The summed E-state index contributed by atoms with van der Waals surface area (Å²) in [6.45, 7) is 10.6. The summed E-state index contributed by atoms with van der Waals surface area (Å²) in [5.41, 5.74) is 4.33. The van der Waals surface area contributed by atoms with E-state index in [0.29, 0.717) is 40.0 Å². The molecular weight excluding hydrogens is 936 g/mol. The normalized spacial score (nSPS) is 20.3. The van der Waals surface area contributed by atoms with Crippen molar-refractivity contribution in [1.29, 1.82) is 0 Å². The number of hydrogen-bond donors (Lipinski definition) is 4. The molecule has 0 aliphatic carbocycles. The summed E-state index contributed by atoms with van der Waals surface area (Å²) in [6, 6.07) is 14.8. The van der Waals surface area contributed by atoms with Crippen LogP contribution in [-0.4, -0.2) is 116 Å². The zero-order chi connectivity index (χ0) is 51.3. The highest BCUT2D eigenvalue weighted by atomic mass is 19.1. The molecule has 2 fully saturated rings. The number of carbonyl (C=O) groups is 4. The number of halogens is 3. The smallest absolute Gasteiger partial charge is 0.407 e. The van der Waals surface area contributed by atoms with Crippen molar-refractivity contribution in [2.45, 2.75) is 103 Å². The van der Waals surface area contributed by atoms with E-state index in [1.807, 2.05) is 66.9 Å². The number of nitrogens with one attached hydrogen (secondary N) is 4. The van der Waals surface area contributed by atoms with Gasteiger partial charge in [-0.3, -0.25) is 9.59 Å². The standard InChI is InChI=1S/C52H58F3N9O8/c1-25(2)44(60-51(67)69-7)48(65)62-23-32(53)19-40(62)46-56-21-36(58-46)28-12-13-38-31(14-28)17-39-43-35(55)16-30(18-42(43)72-50(64(38)39)29-10-9-11-34(15-29)71-27(5)6)37-22-57-47(59-37)41-20-33(54)24-63(41)49(66)45(26(3)4)61-52(68)70-8/h9-18,21-22,25-27,32-33,40-41,44-45,50H,19-20,23-24H2,1-8H3,(H,56,58)(H,57,59)(H,60,67)(H,61,68)/t32-,33-,40+,41+,44+,45+,50?/m1/s1. The summed E-state index contributed by atoms with van der Waals surface area (Å²) in [7, 11) is 2.41. The molecule has 0 spiro atoms. The van der Waals surface area contributed by atoms with Gasteiger partial charge in [-0.25, -0.2) is 32.7 Å². The summed E-state index contributed by atoms with van der Waals surface area (Å²) in [5, 5.41) is 5.90. The molecule has 72 heavy (non-hydrogen) atoms. The van der Waals surface area contributed by atoms with Crippen molar-refractivity contribution in [3.05, 3.63) is 96.1 Å². The summed E-state index contributed by atoms with van der Waals surface area (Å²) in [4.78, 5) is 70.4. The lowest BCUT2D eigenvalue weighted by atomic mass is 10.0. The highest BCUT2D eigenvalue weighted by molar-refractivity contribution is 5.93. The second-order valence-corrected chi connectivity index (χ2v) is 19.5. The Labute approximate surface area is 413 Å². The number of rotatable bonds is 13. The average molecular weight is 994 g/mol. The fourth-order valence-electron chi connectivity index (χ4n) is 9.97. The number of amides is 4. The number of aromatic amines is 2. The molecule has 3 aromatic carbocycles. The van der Waals surface area contributed by atoms with Crippen LogP contribution in [0.2, 0.25) is 0 Å². The van der Waals surface area contributed by atoms with Crippen LogP contribution >= 0.6 is 0 Å². The maximum absolute atomic E-state index is 17.0. The Bertz CT molecular complexity index is 3020. The van der Waals surface area contributed by atoms with E-state index in [0.717, 1.165) is 22.0 Å². The lowest BCUT2D eigenvalue weighted by Crippen LogP contribution is -2.51. The van der Waals surface area contributed by atoms with Crippen LogP contribution in [0.1, 0.15) is 89.9 Å². The third kappa shape index (κ3) is 9.53. The number of alkyl halides is 2. The molecule has 3 aliphatic rings. The van der Waals surface area contributed by atoms with Gasteiger partial charge in [0.15, 0.2) is 0 Å². The molecule has 3 aromatic heterocycles. The van der Waals surface area contributed by atoms with Crippen LogP contribution < -0.4 is 20.1 Å². The van der Waals surface area contributed by atoms with Crippen LogP contribution in [0.3, 0.4) is 0 Å². The molecule has 0 bridgehead atoms. The van der Waals surface area contributed by atoms with E-state index in [1.54, 1.807) is 40.0 Å². The number of ether oxygens (including phenoxy) is 4. The first-order chi connectivity index (χ1) is 34.4. The van der Waals surface area contributed by atoms with Crippen molar-refractivity contribution in [2.75, 3.05) is 27.3 Å². The number of aromatic nitrogens is 5. The second-order valence-electron chi connectivity index (χ2n) is 19.5. The highest BCUT2D eigenvalue weighted by Gasteiger charge is 2.43. The number of fused-ring (bicyclic) bond motifs is 5. The number of H-pyrrole nitrogens is 2. The van der Waals surface area contributed by atoms with Gasteiger partial charge in [0, 0.05) is 34.9 Å². The van der Waals surface area contributed by atoms with Gasteiger partial charge in [0.2, 0.25) is 18.0 Å². The third-order valence-corrected chi connectivity index (χ3v) is 13.4. The molecule has 2 saturated heterocycles. The number of carbonyl (C=O) groups excluding carboxylic acids is 4. The van der Waals surface area contributed by atoms with Crippen molar-refractivity contribution in [3.63, 3.8) is 0 Å². The average Bonchev–Trinajstić information content (AvgIpc) is 4.21. The van der Waals surface area contributed by atoms with Crippen LogP contribution in [0, 0.1) is 17.7 Å². The van der Waals surface area contributed by atoms with Crippen LogP contribution in [0.4, 0.5) is 22.8 Å². The topological polar surface area (TPSA) is 198 Å². The predicted molar refractivity (Wildman–Crippen MR) is 260 cm³/mol. The van der Waals surface area contributed by atoms with Crippen LogP contribution in [0.15, 0.2) is 73.1 Å². The summed E-state index contributed by atoms with van der Waals surface area (Å²) >= 11 is 0. The van der Waals surface area contributed by atoms with Crippen molar-refractivity contribution in [2.24, 2.45) is 11.8 Å². The molecule has 380 valence electrons. The maximum Gasteiger partial charge on any atom is 0.407 e. The molecule has 3 aliphatic heterocycles. The number of benzene rings is 3. The van der Waals surface area contributed by atoms with Crippen LogP contribution in [-0.2, 0) is 19.1 Å². The fourth-order valence-corrected chi connectivity index (χ4v) is 9.97. The number of methoxy groups -OCH3 is 2. The fraction of sp³-hybridized carbons (Fsp3) is 0.423. The van der Waals surface area contributed by atoms with Gasteiger partial charge in [-0.15, -0.1) is 0 Å². The van der Waals surface area contributed by atoms with E-state index in [1.165, 1.54) is 36.3 Å². The molecule has 20 heteroatoms. The number of imidazole rings is 2. The molecule has 1 unspecified atom stereocenters. The van der Waals surface area contributed by atoms with Gasteiger partial charge in [-0.05, 0) is 68.1 Å². The molecular formula is C52H58F3N9O8. The largest absolute Gasteiger partial charge is 0.491 e. The van der Waals surface area contributed by atoms with Gasteiger partial charge < -0.3 is 53.9 Å². The Morgan fingerprint density at radius 1 is 0.736 bits per heavy atom. The predicted octanol–water partition coefficient (Wildman–Crippen LogP) is 8.94. The maximum atomic E-state index is 17.0. The Hall–Kier alpha value is -7.51. The quantitative estimate of drug-likeness (QED) is 0.0867. The first-order valence-electron chi connectivity index (χ1n) is 24.0. The van der Waals surface area contributed by atoms with Crippen molar-refractivity contribution < 1.29 is 51.3 Å². The van der Waals surface area contributed by atoms with Crippen molar-refractivity contribution in [1.82, 2.24) is 44.9 Å². The molecule has 4 amide bonds. The van der Waals surface area contributed by atoms with Crippen LogP contribution in [0.5, 0.6) is 11.5 Å². The summed E-state index contributed by atoms with van der Waals surface area (Å²) in [5.74, 6) is -0.600. The lowest BCUT2D eigenvalue weighted by molar-refractivity contribution is -0.136. The van der Waals surface area contributed by atoms with E-state index < -0.39 is 72.6 Å². The number of nitrogens with zero attached hydrogens (tertiary/aromatic N) is 5. The number of alkyl carbamates (subject to hydrolysis) is 2. The van der Waals surface area contributed by atoms with E-state index >= 15 is 13.2 Å². The summed E-state index contributed by atoms with van der Waals surface area (Å²) in [6.07, 6.45) is -1.99. The van der Waals surface area contributed by atoms with Gasteiger partial charge in [0.25, 0.3) is 0 Å². The lowest BCUT2D eigenvalue weighted by Gasteiger charge is -2.31. The van der Waals surface area contributed by atoms with Gasteiger partial charge in [0.1, 0.15) is 53.4 Å². The highest BCUT2D eigenvalue weighted by Crippen LogP contribution is 2.48. The molecule has 4 N–H and O–H groups in total. The Morgan fingerprint density at radius 3 is 1.85 bits per heavy atom. The number of likely N-dealkylation sites (tertiary alicyclic amines) is 2. The Morgan fingerprint density at radius 2 is 1.31 bits per heavy atom. The van der Waals surface area contributed by atoms with Crippen LogP contribution in [0.25, 0.3) is 44.7 Å². The molecule has 9 rings (SSSR count). The molecule has 7 atom stereocenters. The summed E-state index contributed by atoms with van der Waals surface area (Å²) < 4.78 is 71.5. The van der Waals surface area contributed by atoms with E-state index in [4.69, 9.17) is 18.9 Å². The molecule has 6 heterocycles. The molecule has 0 radical (unpaired) electrons. The van der Waals surface area contributed by atoms with Gasteiger partial charge in [-0.1, -0.05) is 45.9 Å². The monoisotopic (exact) mass is 993 g/mol. The van der Waals surface area contributed by atoms with Gasteiger partial charge >= 0.3 is 12.2 Å². The first-order valence-corrected chi connectivity index (χ1v) is 24.0. The van der Waals surface area contributed by atoms with E-state index in [9.17, 15) is 19.2 Å². The Kier molecular flexibility index (Phi) is 13.7. The van der Waals surface area contributed by atoms with Crippen molar-refractivity contribution >= 4 is 34.9 Å². The SMILES string of the molecule is COC(=O)N[C@H](C(=O)N1C[C@H](F)C[C@H]1c1ncc(-c2cc(F)c3c(c2)OC(c2cccc(OC(C)C)c2)n2c-3cc3cc(-c4cnc([C@@H]5C[C@@H](F)CN5C(=O)[C@@H](NC(=O)OC)C(C)C)[nH]4)ccc32)[nH]1)C(C)C. The zero-order valence-corrected chi connectivity index (χ0v) is 41.2. The van der Waals surface area contributed by atoms with Gasteiger partial charge in [0.05, 0.1) is 86.1 Å². The first kappa shape index (κ1) is 49.5. The van der Waals surface area contributed by atoms with E-state index in [2.05, 4.69) is 30.6 Å². The zero-order valence-electron chi connectivity index (χ0n) is 41.2. The second kappa shape index (κ2) is 19.9. The van der Waals surface area contributed by atoms with Gasteiger partial charge in [-0.2, -0.15) is 0 Å². The molecule has 6 aromatic rings. The minimum Gasteiger partial charge on any atom is -0.491 e. The molecule has 0 saturated carbocycles. The van der Waals surface area contributed by atoms with E-state index in [-0.39, 0.29) is 55.2 Å². The minimum absolute atomic E-state index is 0.0161. The third-order valence-electron chi connectivity index (χ3n) is 13.4. The number of hydrogen-bond acceptors (Lipinski definition) is 10.